The van der Waals surface area contributed by atoms with Gasteiger partial charge in [0.25, 0.3) is 0 Å². The Morgan fingerprint density at radius 3 is 2.39 bits per heavy atom. The summed E-state index contributed by atoms with van der Waals surface area (Å²) in [6, 6.07) is 15.3. The number of para-hydroxylation sites is 2. The summed E-state index contributed by atoms with van der Waals surface area (Å²) >= 11 is 0. The minimum Gasteiger partial charge on any atom is -0.490 e. The molecule has 4 nitrogen and oxygen atoms in total. The first-order chi connectivity index (χ1) is 11.4. The van der Waals surface area contributed by atoms with E-state index < -0.39 is 0 Å². The lowest BCUT2D eigenvalue weighted by atomic mass is 9.96. The van der Waals surface area contributed by atoms with Crippen molar-refractivity contribution >= 4 is 0 Å². The largest absolute Gasteiger partial charge is 0.490 e. The fourth-order valence-corrected chi connectivity index (χ4v) is 2.44. The van der Waals surface area contributed by atoms with Gasteiger partial charge in [-0.15, -0.1) is 0 Å². The molecule has 0 spiro atoms. The number of benzene rings is 2. The van der Waals surface area contributed by atoms with E-state index in [1.807, 2.05) is 48.5 Å². The van der Waals surface area contributed by atoms with Gasteiger partial charge in [-0.2, -0.15) is 0 Å². The van der Waals surface area contributed by atoms with Crippen molar-refractivity contribution in [2.45, 2.75) is 25.4 Å². The molecule has 4 rings (SSSR count). The first-order valence-electron chi connectivity index (χ1n) is 7.89. The normalized spacial score (nSPS) is 16.3. The van der Waals surface area contributed by atoms with Gasteiger partial charge in [0.05, 0.1) is 6.10 Å². The third-order valence-electron chi connectivity index (χ3n) is 3.97. The number of hydrogen-bond donors (Lipinski definition) is 0. The summed E-state index contributed by atoms with van der Waals surface area (Å²) in [4.78, 5) is 0. The van der Waals surface area contributed by atoms with Crippen LogP contribution in [0.25, 0.3) is 0 Å². The minimum atomic E-state index is 0.317. The molecule has 0 radical (unpaired) electrons. The second-order valence-corrected chi connectivity index (χ2v) is 5.68. The van der Waals surface area contributed by atoms with E-state index in [1.165, 1.54) is 6.42 Å². The SMILES string of the molecule is C1=C(COc2ccc(OC3CCC3)cc2)Oc2ccccc2O1. The zero-order valence-corrected chi connectivity index (χ0v) is 12.7. The van der Waals surface area contributed by atoms with Crippen LogP contribution in [0.5, 0.6) is 23.0 Å². The van der Waals surface area contributed by atoms with Crippen LogP contribution in [-0.4, -0.2) is 12.7 Å². The summed E-state index contributed by atoms with van der Waals surface area (Å²) in [6.07, 6.45) is 5.55. The van der Waals surface area contributed by atoms with E-state index in [2.05, 4.69) is 0 Å². The molecule has 0 saturated heterocycles. The molecule has 0 amide bonds. The van der Waals surface area contributed by atoms with Crippen LogP contribution < -0.4 is 18.9 Å². The van der Waals surface area contributed by atoms with E-state index in [4.69, 9.17) is 18.9 Å². The highest BCUT2D eigenvalue weighted by Gasteiger charge is 2.19. The molecule has 0 atom stereocenters. The van der Waals surface area contributed by atoms with Gasteiger partial charge < -0.3 is 18.9 Å². The average molecular weight is 310 g/mol. The zero-order valence-electron chi connectivity index (χ0n) is 12.7. The van der Waals surface area contributed by atoms with Gasteiger partial charge >= 0.3 is 0 Å². The Hall–Kier alpha value is -2.62. The monoisotopic (exact) mass is 310 g/mol. The third-order valence-corrected chi connectivity index (χ3v) is 3.97. The lowest BCUT2D eigenvalue weighted by Gasteiger charge is -2.26. The molecule has 0 N–H and O–H groups in total. The topological polar surface area (TPSA) is 36.9 Å². The molecule has 2 aromatic carbocycles. The van der Waals surface area contributed by atoms with Gasteiger partial charge in [0, 0.05) is 0 Å². The molecule has 2 aliphatic rings. The van der Waals surface area contributed by atoms with Crippen LogP contribution in [-0.2, 0) is 0 Å². The first kappa shape index (κ1) is 14.0. The minimum absolute atomic E-state index is 0.317. The smallest absolute Gasteiger partial charge is 0.177 e. The van der Waals surface area contributed by atoms with Crippen LogP contribution >= 0.6 is 0 Å². The van der Waals surface area contributed by atoms with E-state index in [9.17, 15) is 0 Å². The van der Waals surface area contributed by atoms with Crippen LogP contribution in [0.3, 0.4) is 0 Å². The molecule has 118 valence electrons. The van der Waals surface area contributed by atoms with Crippen LogP contribution in [0.4, 0.5) is 0 Å². The van der Waals surface area contributed by atoms with Gasteiger partial charge in [-0.05, 0) is 55.7 Å². The molecule has 1 aliphatic carbocycles. The molecule has 1 saturated carbocycles. The predicted octanol–water partition coefficient (Wildman–Crippen LogP) is 4.31. The highest BCUT2D eigenvalue weighted by atomic mass is 16.6. The van der Waals surface area contributed by atoms with Gasteiger partial charge in [-0.25, -0.2) is 0 Å². The average Bonchev–Trinajstić information content (AvgIpc) is 2.57. The molecule has 0 aromatic heterocycles. The van der Waals surface area contributed by atoms with Crippen molar-refractivity contribution < 1.29 is 18.9 Å². The zero-order chi connectivity index (χ0) is 15.5. The fraction of sp³-hybridized carbons (Fsp3) is 0.263. The molecule has 1 fully saturated rings. The summed E-state index contributed by atoms with van der Waals surface area (Å²) in [5.41, 5.74) is 0. The second kappa shape index (κ2) is 6.24. The summed E-state index contributed by atoms with van der Waals surface area (Å²) in [5, 5.41) is 0. The summed E-state index contributed by atoms with van der Waals surface area (Å²) < 4.78 is 22.8. The Bertz CT molecular complexity index is 702. The summed E-state index contributed by atoms with van der Waals surface area (Å²) in [7, 11) is 0. The molecule has 1 heterocycles. The Morgan fingerprint density at radius 2 is 1.65 bits per heavy atom. The number of fused-ring (bicyclic) bond motifs is 1. The van der Waals surface area contributed by atoms with Crippen LogP contribution in [0.15, 0.2) is 60.6 Å². The van der Waals surface area contributed by atoms with Gasteiger partial charge in [0.15, 0.2) is 17.3 Å². The number of ether oxygens (including phenoxy) is 4. The Balaban J connectivity index is 1.31. The molecule has 1 aliphatic heterocycles. The lowest BCUT2D eigenvalue weighted by Crippen LogP contribution is -2.24. The van der Waals surface area contributed by atoms with E-state index in [1.54, 1.807) is 6.26 Å². The van der Waals surface area contributed by atoms with Crippen molar-refractivity contribution in [2.75, 3.05) is 6.61 Å². The quantitative estimate of drug-likeness (QED) is 0.824. The molecule has 4 heteroatoms. The molecular weight excluding hydrogens is 292 g/mol. The van der Waals surface area contributed by atoms with Gasteiger partial charge in [-0.1, -0.05) is 12.1 Å². The predicted molar refractivity (Wildman–Crippen MR) is 86.0 cm³/mol. The maximum Gasteiger partial charge on any atom is 0.177 e. The number of rotatable bonds is 5. The van der Waals surface area contributed by atoms with E-state index in [0.29, 0.717) is 30.0 Å². The van der Waals surface area contributed by atoms with Crippen molar-refractivity contribution in [3.05, 3.63) is 60.6 Å². The van der Waals surface area contributed by atoms with E-state index in [-0.39, 0.29) is 0 Å². The van der Waals surface area contributed by atoms with Crippen molar-refractivity contribution in [3.63, 3.8) is 0 Å². The highest BCUT2D eigenvalue weighted by Crippen LogP contribution is 2.32. The highest BCUT2D eigenvalue weighted by molar-refractivity contribution is 5.42. The second-order valence-electron chi connectivity index (χ2n) is 5.68. The Kier molecular flexibility index (Phi) is 3.80. The fourth-order valence-electron chi connectivity index (χ4n) is 2.44. The van der Waals surface area contributed by atoms with Crippen molar-refractivity contribution in [1.82, 2.24) is 0 Å². The first-order valence-corrected chi connectivity index (χ1v) is 7.89. The maximum absolute atomic E-state index is 5.83. The molecular formula is C19H18O4. The third kappa shape index (κ3) is 3.26. The van der Waals surface area contributed by atoms with Crippen molar-refractivity contribution in [3.8, 4) is 23.0 Å². The molecule has 23 heavy (non-hydrogen) atoms. The van der Waals surface area contributed by atoms with Crippen LogP contribution in [0, 0.1) is 0 Å². The molecule has 0 unspecified atom stereocenters. The van der Waals surface area contributed by atoms with Crippen LogP contribution in [0.1, 0.15) is 19.3 Å². The standard InChI is InChI=1S/C19H18O4/c1-2-7-19-18(6-1)21-13-17(23-19)12-20-14-8-10-16(11-9-14)22-15-4-3-5-15/h1-2,6-11,13,15H,3-5,12H2. The van der Waals surface area contributed by atoms with Crippen molar-refractivity contribution in [1.29, 1.82) is 0 Å². The maximum atomic E-state index is 5.83. The lowest BCUT2D eigenvalue weighted by molar-refractivity contribution is 0.120. The van der Waals surface area contributed by atoms with Gasteiger partial charge in [-0.3, -0.25) is 0 Å². The van der Waals surface area contributed by atoms with Crippen LogP contribution in [0.2, 0.25) is 0 Å². The van der Waals surface area contributed by atoms with Gasteiger partial charge in [0.1, 0.15) is 24.4 Å². The van der Waals surface area contributed by atoms with Crippen molar-refractivity contribution in [2.24, 2.45) is 0 Å². The summed E-state index contributed by atoms with van der Waals surface area (Å²) in [6.45, 7) is 0.317. The molecule has 2 aromatic rings. The van der Waals surface area contributed by atoms with E-state index in [0.717, 1.165) is 24.3 Å². The van der Waals surface area contributed by atoms with Gasteiger partial charge in [0.2, 0.25) is 0 Å². The molecule has 0 bridgehead atoms. The summed E-state index contributed by atoms with van der Waals surface area (Å²) in [5.74, 6) is 3.73. The Morgan fingerprint density at radius 1 is 0.913 bits per heavy atom. The number of hydrogen-bond acceptors (Lipinski definition) is 4. The van der Waals surface area contributed by atoms with E-state index >= 15 is 0 Å². The Labute approximate surface area is 135 Å².